The molecule has 100 valence electrons. The van der Waals surface area contributed by atoms with Crippen LogP contribution < -0.4 is 5.32 Å². The molecule has 1 aliphatic carbocycles. The third-order valence-corrected chi connectivity index (χ3v) is 5.15. The van der Waals surface area contributed by atoms with Crippen LogP contribution in [-0.4, -0.2) is 23.3 Å². The van der Waals surface area contributed by atoms with E-state index in [1.165, 1.54) is 19.3 Å². The molecule has 2 heteroatoms. The Hall–Kier alpha value is -0.0800. The molecule has 1 aliphatic heterocycles. The van der Waals surface area contributed by atoms with Crippen LogP contribution >= 0.6 is 0 Å². The first-order valence-electron chi connectivity index (χ1n) is 7.47. The minimum Gasteiger partial charge on any atom is -0.388 e. The van der Waals surface area contributed by atoms with E-state index < -0.39 is 5.60 Å². The molecule has 2 aliphatic rings. The second-order valence-corrected chi connectivity index (χ2v) is 6.82. The van der Waals surface area contributed by atoms with Crippen molar-refractivity contribution in [1.29, 1.82) is 0 Å². The van der Waals surface area contributed by atoms with Crippen LogP contribution in [-0.2, 0) is 0 Å². The van der Waals surface area contributed by atoms with E-state index in [4.69, 9.17) is 0 Å². The molecule has 0 aromatic heterocycles. The zero-order valence-electron chi connectivity index (χ0n) is 11.7. The van der Waals surface area contributed by atoms with Gasteiger partial charge in [0.2, 0.25) is 0 Å². The fourth-order valence-corrected chi connectivity index (χ4v) is 3.67. The SMILES string of the molecule is CC1CCNC(C2(O)CCC(C(C)C)CC2)C1. The molecule has 1 saturated carbocycles. The van der Waals surface area contributed by atoms with E-state index in [0.29, 0.717) is 6.04 Å². The second-order valence-electron chi connectivity index (χ2n) is 6.82. The number of rotatable bonds is 2. The maximum absolute atomic E-state index is 10.9. The smallest absolute Gasteiger partial charge is 0.0800 e. The number of hydrogen-bond donors (Lipinski definition) is 2. The highest BCUT2D eigenvalue weighted by Crippen LogP contribution is 2.39. The average Bonchev–Trinajstić information content (AvgIpc) is 2.29. The monoisotopic (exact) mass is 239 g/mol. The fourth-order valence-electron chi connectivity index (χ4n) is 3.67. The molecule has 0 aromatic carbocycles. The Labute approximate surface area is 106 Å². The van der Waals surface area contributed by atoms with Gasteiger partial charge in [-0.05, 0) is 62.8 Å². The van der Waals surface area contributed by atoms with Gasteiger partial charge in [0.25, 0.3) is 0 Å². The highest BCUT2D eigenvalue weighted by atomic mass is 16.3. The van der Waals surface area contributed by atoms with Crippen LogP contribution in [0.5, 0.6) is 0 Å². The first kappa shape index (κ1) is 13.4. The van der Waals surface area contributed by atoms with Gasteiger partial charge in [-0.25, -0.2) is 0 Å². The standard InChI is InChI=1S/C15H29NO/c1-11(2)13-4-7-15(17,8-5-13)14-10-12(3)6-9-16-14/h11-14,16-17H,4-10H2,1-3H3. The largest absolute Gasteiger partial charge is 0.388 e. The van der Waals surface area contributed by atoms with Crippen molar-refractivity contribution in [1.82, 2.24) is 5.32 Å². The van der Waals surface area contributed by atoms with Crippen LogP contribution in [0.3, 0.4) is 0 Å². The molecule has 2 N–H and O–H groups in total. The van der Waals surface area contributed by atoms with Crippen molar-refractivity contribution in [3.05, 3.63) is 0 Å². The molecule has 0 spiro atoms. The minimum absolute atomic E-state index is 0.347. The van der Waals surface area contributed by atoms with E-state index >= 15 is 0 Å². The summed E-state index contributed by atoms with van der Waals surface area (Å²) in [4.78, 5) is 0. The van der Waals surface area contributed by atoms with Gasteiger partial charge in [-0.3, -0.25) is 0 Å². The second kappa shape index (κ2) is 5.27. The van der Waals surface area contributed by atoms with E-state index in [0.717, 1.165) is 43.6 Å². The minimum atomic E-state index is -0.417. The van der Waals surface area contributed by atoms with Gasteiger partial charge in [-0.1, -0.05) is 20.8 Å². The summed E-state index contributed by atoms with van der Waals surface area (Å²) in [6, 6.07) is 0.347. The van der Waals surface area contributed by atoms with Crippen molar-refractivity contribution in [2.75, 3.05) is 6.54 Å². The molecule has 2 rings (SSSR count). The van der Waals surface area contributed by atoms with Crippen molar-refractivity contribution in [2.45, 2.75) is 70.9 Å². The summed E-state index contributed by atoms with van der Waals surface area (Å²) in [5.41, 5.74) is -0.417. The number of hydrogen-bond acceptors (Lipinski definition) is 2. The normalized spacial score (nSPS) is 43.9. The Morgan fingerprint density at radius 2 is 1.82 bits per heavy atom. The van der Waals surface area contributed by atoms with Gasteiger partial charge < -0.3 is 10.4 Å². The first-order chi connectivity index (χ1) is 8.01. The van der Waals surface area contributed by atoms with Crippen molar-refractivity contribution in [2.24, 2.45) is 17.8 Å². The molecule has 0 bridgehead atoms. The molecule has 2 nitrogen and oxygen atoms in total. The Balaban J connectivity index is 1.92. The van der Waals surface area contributed by atoms with Crippen LogP contribution in [0.2, 0.25) is 0 Å². The maximum atomic E-state index is 10.9. The molecular weight excluding hydrogens is 210 g/mol. The Bertz CT molecular complexity index is 243. The molecule has 1 saturated heterocycles. The van der Waals surface area contributed by atoms with Crippen LogP contribution in [0, 0.1) is 17.8 Å². The Morgan fingerprint density at radius 1 is 1.18 bits per heavy atom. The van der Waals surface area contributed by atoms with Crippen LogP contribution in [0.15, 0.2) is 0 Å². The summed E-state index contributed by atoms with van der Waals surface area (Å²) in [5, 5.41) is 14.4. The fraction of sp³-hybridized carbons (Fsp3) is 1.00. The summed E-state index contributed by atoms with van der Waals surface area (Å²) >= 11 is 0. The maximum Gasteiger partial charge on any atom is 0.0800 e. The molecular formula is C15H29NO. The molecule has 0 aromatic rings. The molecule has 1 heterocycles. The van der Waals surface area contributed by atoms with Gasteiger partial charge in [-0.2, -0.15) is 0 Å². The molecule has 2 atom stereocenters. The topological polar surface area (TPSA) is 32.3 Å². The van der Waals surface area contributed by atoms with Crippen molar-refractivity contribution >= 4 is 0 Å². The van der Waals surface area contributed by atoms with Gasteiger partial charge in [0.15, 0.2) is 0 Å². The highest BCUT2D eigenvalue weighted by molar-refractivity contribution is 4.97. The van der Waals surface area contributed by atoms with Crippen molar-refractivity contribution in [3.63, 3.8) is 0 Å². The van der Waals surface area contributed by atoms with Gasteiger partial charge in [-0.15, -0.1) is 0 Å². The van der Waals surface area contributed by atoms with Gasteiger partial charge >= 0.3 is 0 Å². The summed E-state index contributed by atoms with van der Waals surface area (Å²) in [7, 11) is 0. The van der Waals surface area contributed by atoms with Gasteiger partial charge in [0, 0.05) is 6.04 Å². The molecule has 17 heavy (non-hydrogen) atoms. The zero-order valence-corrected chi connectivity index (χ0v) is 11.7. The number of piperidine rings is 1. The number of aliphatic hydroxyl groups is 1. The Kier molecular flexibility index (Phi) is 4.14. The van der Waals surface area contributed by atoms with E-state index in [9.17, 15) is 5.11 Å². The summed E-state index contributed by atoms with van der Waals surface area (Å²) in [6.07, 6.45) is 6.84. The lowest BCUT2D eigenvalue weighted by Gasteiger charge is -2.45. The lowest BCUT2D eigenvalue weighted by Crippen LogP contribution is -2.55. The van der Waals surface area contributed by atoms with Crippen LogP contribution in [0.1, 0.15) is 59.3 Å². The van der Waals surface area contributed by atoms with E-state index in [1.807, 2.05) is 0 Å². The molecule has 2 unspecified atom stereocenters. The van der Waals surface area contributed by atoms with E-state index in [2.05, 4.69) is 26.1 Å². The highest BCUT2D eigenvalue weighted by Gasteiger charge is 2.41. The molecule has 0 radical (unpaired) electrons. The van der Waals surface area contributed by atoms with E-state index in [-0.39, 0.29) is 0 Å². The average molecular weight is 239 g/mol. The predicted octanol–water partition coefficient (Wildman–Crippen LogP) is 2.95. The van der Waals surface area contributed by atoms with Crippen LogP contribution in [0.25, 0.3) is 0 Å². The third-order valence-electron chi connectivity index (χ3n) is 5.15. The lowest BCUT2D eigenvalue weighted by molar-refractivity contribution is -0.0565. The van der Waals surface area contributed by atoms with Crippen LogP contribution in [0.4, 0.5) is 0 Å². The third kappa shape index (κ3) is 3.03. The molecule has 0 amide bonds. The summed E-state index contributed by atoms with van der Waals surface area (Å²) in [5.74, 6) is 2.38. The Morgan fingerprint density at radius 3 is 2.35 bits per heavy atom. The van der Waals surface area contributed by atoms with E-state index in [1.54, 1.807) is 0 Å². The lowest BCUT2D eigenvalue weighted by atomic mass is 9.69. The molecule has 2 fully saturated rings. The quantitative estimate of drug-likeness (QED) is 0.776. The zero-order chi connectivity index (χ0) is 12.5. The summed E-state index contributed by atoms with van der Waals surface area (Å²) < 4.78 is 0. The number of nitrogens with one attached hydrogen (secondary N) is 1. The van der Waals surface area contributed by atoms with Crippen molar-refractivity contribution < 1.29 is 5.11 Å². The summed E-state index contributed by atoms with van der Waals surface area (Å²) in [6.45, 7) is 8.03. The predicted molar refractivity (Wildman–Crippen MR) is 71.9 cm³/mol. The van der Waals surface area contributed by atoms with Gasteiger partial charge in [0.1, 0.15) is 0 Å². The van der Waals surface area contributed by atoms with Crippen molar-refractivity contribution in [3.8, 4) is 0 Å². The van der Waals surface area contributed by atoms with Gasteiger partial charge in [0.05, 0.1) is 5.60 Å². The first-order valence-corrected chi connectivity index (χ1v) is 7.47.